The van der Waals surface area contributed by atoms with E-state index in [-0.39, 0.29) is 11.8 Å². The molecule has 0 saturated heterocycles. The summed E-state index contributed by atoms with van der Waals surface area (Å²) in [7, 11) is 0. The second kappa shape index (κ2) is 9.30. The number of carbonyl (C=O) groups is 2. The van der Waals surface area contributed by atoms with Crippen molar-refractivity contribution in [1.82, 2.24) is 5.32 Å². The zero-order valence-electron chi connectivity index (χ0n) is 13.0. The highest BCUT2D eigenvalue weighted by molar-refractivity contribution is 6.30. The van der Waals surface area contributed by atoms with Gasteiger partial charge in [-0.15, -0.1) is 0 Å². The van der Waals surface area contributed by atoms with Crippen LogP contribution in [0.3, 0.4) is 0 Å². The van der Waals surface area contributed by atoms with Crippen molar-refractivity contribution < 1.29 is 9.59 Å². The summed E-state index contributed by atoms with van der Waals surface area (Å²) in [6.45, 7) is 0.459. The van der Waals surface area contributed by atoms with Crippen molar-refractivity contribution in [3.05, 3.63) is 64.1 Å². The Kier molecular flexibility index (Phi) is 7.09. The van der Waals surface area contributed by atoms with Crippen molar-refractivity contribution in [3.8, 4) is 0 Å². The molecule has 0 aliphatic carbocycles. The first-order chi connectivity index (χ1) is 11.5. The lowest BCUT2D eigenvalue weighted by Gasteiger charge is -2.07. The summed E-state index contributed by atoms with van der Waals surface area (Å²) >= 11 is 11.6. The Morgan fingerprint density at radius 2 is 1.42 bits per heavy atom. The van der Waals surface area contributed by atoms with Crippen molar-refractivity contribution in [1.29, 1.82) is 0 Å². The second-order valence-corrected chi connectivity index (χ2v) is 6.18. The molecule has 126 valence electrons. The standard InChI is InChI=1S/C18H18Cl2N2O2/c19-14-5-3-13(4-6-14)12-18(24)21-11-1-2-17(23)22-16-9-7-15(20)8-10-16/h3-10H,1-2,11-12H2,(H,21,24)(H,22,23). The van der Waals surface area contributed by atoms with Crippen molar-refractivity contribution in [2.45, 2.75) is 19.3 Å². The maximum Gasteiger partial charge on any atom is 0.224 e. The number of amides is 2. The molecule has 2 N–H and O–H groups in total. The fourth-order valence-corrected chi connectivity index (χ4v) is 2.34. The molecule has 4 nitrogen and oxygen atoms in total. The van der Waals surface area contributed by atoms with Gasteiger partial charge in [0.15, 0.2) is 0 Å². The number of hydrogen-bond donors (Lipinski definition) is 2. The van der Waals surface area contributed by atoms with Gasteiger partial charge in [-0.1, -0.05) is 35.3 Å². The summed E-state index contributed by atoms with van der Waals surface area (Å²) in [6, 6.07) is 14.1. The zero-order chi connectivity index (χ0) is 17.4. The smallest absolute Gasteiger partial charge is 0.224 e. The average molecular weight is 365 g/mol. The molecule has 2 aromatic carbocycles. The first-order valence-electron chi connectivity index (χ1n) is 7.59. The summed E-state index contributed by atoms with van der Waals surface area (Å²) in [6.07, 6.45) is 1.21. The van der Waals surface area contributed by atoms with E-state index in [1.807, 2.05) is 12.1 Å². The maximum atomic E-state index is 11.8. The Bertz CT molecular complexity index is 624. The third-order valence-corrected chi connectivity index (χ3v) is 3.81. The minimum absolute atomic E-state index is 0.0737. The average Bonchev–Trinajstić information content (AvgIpc) is 2.56. The van der Waals surface area contributed by atoms with E-state index in [0.717, 1.165) is 5.56 Å². The van der Waals surface area contributed by atoms with E-state index < -0.39 is 0 Å². The highest BCUT2D eigenvalue weighted by Gasteiger charge is 2.05. The Morgan fingerprint density at radius 3 is 2.04 bits per heavy atom. The minimum Gasteiger partial charge on any atom is -0.356 e. The molecule has 24 heavy (non-hydrogen) atoms. The Hall–Kier alpha value is -2.04. The predicted octanol–water partition coefficient (Wildman–Crippen LogP) is 4.07. The lowest BCUT2D eigenvalue weighted by molar-refractivity contribution is -0.121. The fourth-order valence-electron chi connectivity index (χ4n) is 2.08. The number of anilines is 1. The summed E-state index contributed by atoms with van der Waals surface area (Å²) in [5.74, 6) is -0.167. The summed E-state index contributed by atoms with van der Waals surface area (Å²) < 4.78 is 0. The van der Waals surface area contributed by atoms with Crippen molar-refractivity contribution in [3.63, 3.8) is 0 Å². The van der Waals surface area contributed by atoms with Gasteiger partial charge in [-0.25, -0.2) is 0 Å². The van der Waals surface area contributed by atoms with E-state index in [1.54, 1.807) is 36.4 Å². The van der Waals surface area contributed by atoms with Crippen LogP contribution in [0.1, 0.15) is 18.4 Å². The molecular weight excluding hydrogens is 347 g/mol. The fraction of sp³-hybridized carbons (Fsp3) is 0.222. The maximum absolute atomic E-state index is 11.8. The van der Waals surface area contributed by atoms with Crippen molar-refractivity contribution >= 4 is 40.7 Å². The van der Waals surface area contributed by atoms with Gasteiger partial charge in [-0.05, 0) is 48.4 Å². The van der Waals surface area contributed by atoms with E-state index in [4.69, 9.17) is 23.2 Å². The molecule has 2 amide bonds. The van der Waals surface area contributed by atoms with Gasteiger partial charge in [-0.2, -0.15) is 0 Å². The molecule has 0 heterocycles. The van der Waals surface area contributed by atoms with Gasteiger partial charge in [-0.3, -0.25) is 9.59 Å². The third kappa shape index (κ3) is 6.60. The van der Waals surface area contributed by atoms with Crippen LogP contribution >= 0.6 is 23.2 Å². The Balaban J connectivity index is 1.63. The summed E-state index contributed by atoms with van der Waals surface area (Å²) in [5, 5.41) is 6.85. The van der Waals surface area contributed by atoms with Crippen LogP contribution in [-0.4, -0.2) is 18.4 Å². The summed E-state index contributed by atoms with van der Waals surface area (Å²) in [4.78, 5) is 23.6. The number of benzene rings is 2. The van der Waals surface area contributed by atoms with Gasteiger partial charge < -0.3 is 10.6 Å². The molecule has 0 atom stereocenters. The van der Waals surface area contributed by atoms with Crippen molar-refractivity contribution in [2.24, 2.45) is 0 Å². The first kappa shape index (κ1) is 18.3. The van der Waals surface area contributed by atoms with Gasteiger partial charge in [0.2, 0.25) is 11.8 Å². The quantitative estimate of drug-likeness (QED) is 0.727. The van der Waals surface area contributed by atoms with Gasteiger partial charge >= 0.3 is 0 Å². The van der Waals surface area contributed by atoms with Crippen LogP contribution in [0.15, 0.2) is 48.5 Å². The third-order valence-electron chi connectivity index (χ3n) is 3.31. The molecule has 0 bridgehead atoms. The monoisotopic (exact) mass is 364 g/mol. The Labute approximate surface area is 151 Å². The van der Waals surface area contributed by atoms with E-state index in [2.05, 4.69) is 10.6 Å². The van der Waals surface area contributed by atoms with Gasteiger partial charge in [0.1, 0.15) is 0 Å². The molecule has 0 aliphatic heterocycles. The first-order valence-corrected chi connectivity index (χ1v) is 8.35. The van der Waals surface area contributed by atoms with Crippen LogP contribution < -0.4 is 10.6 Å². The van der Waals surface area contributed by atoms with Gasteiger partial charge in [0.05, 0.1) is 6.42 Å². The van der Waals surface area contributed by atoms with Gasteiger partial charge in [0.25, 0.3) is 0 Å². The van der Waals surface area contributed by atoms with Crippen molar-refractivity contribution in [2.75, 3.05) is 11.9 Å². The van der Waals surface area contributed by atoms with Crippen LogP contribution in [0.5, 0.6) is 0 Å². The molecule has 0 aliphatic rings. The molecule has 6 heteroatoms. The number of nitrogens with one attached hydrogen (secondary N) is 2. The molecule has 0 radical (unpaired) electrons. The van der Waals surface area contributed by atoms with E-state index in [0.29, 0.717) is 41.5 Å². The lowest BCUT2D eigenvalue weighted by Crippen LogP contribution is -2.27. The number of carbonyl (C=O) groups excluding carboxylic acids is 2. The predicted molar refractivity (Wildman–Crippen MR) is 97.5 cm³/mol. The van der Waals surface area contributed by atoms with Crippen LogP contribution in [0.2, 0.25) is 10.0 Å². The second-order valence-electron chi connectivity index (χ2n) is 5.31. The van der Waals surface area contributed by atoms with Crippen LogP contribution in [0.4, 0.5) is 5.69 Å². The SMILES string of the molecule is O=C(Cc1ccc(Cl)cc1)NCCCC(=O)Nc1ccc(Cl)cc1. The molecule has 2 aromatic rings. The highest BCUT2D eigenvalue weighted by Crippen LogP contribution is 2.13. The van der Waals surface area contributed by atoms with Crippen LogP contribution in [0, 0.1) is 0 Å². The number of halogens is 2. The number of hydrogen-bond acceptors (Lipinski definition) is 2. The van der Waals surface area contributed by atoms with E-state index in [1.165, 1.54) is 0 Å². The highest BCUT2D eigenvalue weighted by atomic mass is 35.5. The van der Waals surface area contributed by atoms with E-state index >= 15 is 0 Å². The Morgan fingerprint density at radius 1 is 0.833 bits per heavy atom. The molecular formula is C18H18Cl2N2O2. The molecule has 0 fully saturated rings. The number of rotatable bonds is 7. The molecule has 0 unspecified atom stereocenters. The molecule has 2 rings (SSSR count). The van der Waals surface area contributed by atoms with Gasteiger partial charge in [0, 0.05) is 28.7 Å². The topological polar surface area (TPSA) is 58.2 Å². The lowest BCUT2D eigenvalue weighted by atomic mass is 10.1. The molecule has 0 saturated carbocycles. The summed E-state index contributed by atoms with van der Waals surface area (Å²) in [5.41, 5.74) is 1.61. The van der Waals surface area contributed by atoms with Crippen LogP contribution in [-0.2, 0) is 16.0 Å². The normalized spacial score (nSPS) is 10.2. The minimum atomic E-state index is -0.0933. The molecule has 0 aromatic heterocycles. The zero-order valence-corrected chi connectivity index (χ0v) is 14.5. The largest absolute Gasteiger partial charge is 0.356 e. The molecule has 0 spiro atoms. The van der Waals surface area contributed by atoms with Crippen LogP contribution in [0.25, 0.3) is 0 Å². The van der Waals surface area contributed by atoms with E-state index in [9.17, 15) is 9.59 Å².